The Morgan fingerprint density at radius 2 is 1.97 bits per heavy atom. The number of hydrogen-bond acceptors (Lipinski definition) is 5. The van der Waals surface area contributed by atoms with Gasteiger partial charge in [0.05, 0.1) is 24.8 Å². The second-order valence-corrected chi connectivity index (χ2v) is 7.17. The Hall–Kier alpha value is -3.09. The number of carbonyl (C=O) groups is 1. The fourth-order valence-electron chi connectivity index (χ4n) is 3.64. The van der Waals surface area contributed by atoms with Crippen LogP contribution in [0.1, 0.15) is 33.5 Å². The van der Waals surface area contributed by atoms with Gasteiger partial charge in [-0.15, -0.1) is 0 Å². The summed E-state index contributed by atoms with van der Waals surface area (Å²) in [4.78, 5) is 22.8. The van der Waals surface area contributed by atoms with Crippen molar-refractivity contribution in [2.45, 2.75) is 19.5 Å². The lowest BCUT2D eigenvalue weighted by Gasteiger charge is -2.34. The second kappa shape index (κ2) is 8.51. The van der Waals surface area contributed by atoms with Crippen LogP contribution in [0, 0.1) is 6.92 Å². The van der Waals surface area contributed by atoms with Crippen LogP contribution >= 0.6 is 0 Å². The zero-order valence-electron chi connectivity index (χ0n) is 16.3. The van der Waals surface area contributed by atoms with Crippen LogP contribution in [0.15, 0.2) is 60.8 Å². The number of carboxylic acids is 1. The molecule has 4 rings (SSSR count). The SMILES string of the molecule is Cc1ccnc([C@@H]2COCCN2Cc2ccc(-c3ccccc3C(=O)O)cc2)n1. The number of morpholine rings is 1. The van der Waals surface area contributed by atoms with E-state index >= 15 is 0 Å². The molecule has 0 bridgehead atoms. The second-order valence-electron chi connectivity index (χ2n) is 7.17. The van der Waals surface area contributed by atoms with Gasteiger partial charge in [-0.05, 0) is 35.7 Å². The zero-order chi connectivity index (χ0) is 20.2. The minimum absolute atomic E-state index is 0.0241. The lowest BCUT2D eigenvalue weighted by molar-refractivity contribution is -0.0159. The van der Waals surface area contributed by atoms with E-state index in [1.807, 2.05) is 37.3 Å². The summed E-state index contributed by atoms with van der Waals surface area (Å²) >= 11 is 0. The van der Waals surface area contributed by atoms with Gasteiger partial charge >= 0.3 is 5.97 Å². The number of benzene rings is 2. The predicted octanol–water partition coefficient (Wildman–Crippen LogP) is 3.72. The Morgan fingerprint density at radius 3 is 2.72 bits per heavy atom. The number of nitrogens with zero attached hydrogens (tertiary/aromatic N) is 3. The number of hydrogen-bond donors (Lipinski definition) is 1. The maximum atomic E-state index is 11.5. The molecular weight excluding hydrogens is 366 g/mol. The largest absolute Gasteiger partial charge is 0.478 e. The molecule has 1 atom stereocenters. The number of aromatic carboxylic acids is 1. The normalized spacial score (nSPS) is 17.2. The summed E-state index contributed by atoms with van der Waals surface area (Å²) in [5.74, 6) is -0.129. The van der Waals surface area contributed by atoms with Gasteiger partial charge in [-0.25, -0.2) is 14.8 Å². The van der Waals surface area contributed by atoms with Crippen LogP contribution < -0.4 is 0 Å². The van der Waals surface area contributed by atoms with Crippen molar-refractivity contribution in [3.63, 3.8) is 0 Å². The van der Waals surface area contributed by atoms with Gasteiger partial charge in [0, 0.05) is 25.0 Å². The van der Waals surface area contributed by atoms with Crippen molar-refractivity contribution in [2.75, 3.05) is 19.8 Å². The lowest BCUT2D eigenvalue weighted by atomic mass is 9.98. The summed E-state index contributed by atoms with van der Waals surface area (Å²) in [6.45, 7) is 4.80. The van der Waals surface area contributed by atoms with Crippen molar-refractivity contribution < 1.29 is 14.6 Å². The minimum Gasteiger partial charge on any atom is -0.478 e. The van der Waals surface area contributed by atoms with Crippen LogP contribution in [-0.4, -0.2) is 45.7 Å². The molecule has 1 aliphatic rings. The molecule has 29 heavy (non-hydrogen) atoms. The van der Waals surface area contributed by atoms with E-state index in [-0.39, 0.29) is 6.04 Å². The summed E-state index contributed by atoms with van der Waals surface area (Å²) in [6.07, 6.45) is 1.79. The molecule has 1 N–H and O–H groups in total. The molecule has 1 aromatic heterocycles. The van der Waals surface area contributed by atoms with Gasteiger partial charge in [0.25, 0.3) is 0 Å². The summed E-state index contributed by atoms with van der Waals surface area (Å²) in [6, 6.07) is 17.1. The van der Waals surface area contributed by atoms with Crippen LogP contribution in [0.3, 0.4) is 0 Å². The highest BCUT2D eigenvalue weighted by atomic mass is 16.5. The van der Waals surface area contributed by atoms with Crippen molar-refractivity contribution in [1.29, 1.82) is 0 Å². The molecule has 6 heteroatoms. The summed E-state index contributed by atoms with van der Waals surface area (Å²) in [7, 11) is 0. The highest BCUT2D eigenvalue weighted by Crippen LogP contribution is 2.27. The van der Waals surface area contributed by atoms with Crippen molar-refractivity contribution in [3.8, 4) is 11.1 Å². The molecule has 0 aliphatic carbocycles. The number of carboxylic acid groups (broad SMARTS) is 1. The smallest absolute Gasteiger partial charge is 0.336 e. The van der Waals surface area contributed by atoms with Gasteiger partial charge in [-0.2, -0.15) is 0 Å². The van der Waals surface area contributed by atoms with Gasteiger partial charge in [0.15, 0.2) is 0 Å². The average molecular weight is 389 g/mol. The number of aryl methyl sites for hydroxylation is 1. The van der Waals surface area contributed by atoms with E-state index in [1.165, 1.54) is 0 Å². The van der Waals surface area contributed by atoms with Crippen LogP contribution in [-0.2, 0) is 11.3 Å². The Morgan fingerprint density at radius 1 is 1.17 bits per heavy atom. The monoisotopic (exact) mass is 389 g/mol. The van der Waals surface area contributed by atoms with Crippen molar-refractivity contribution in [3.05, 3.63) is 83.4 Å². The van der Waals surface area contributed by atoms with Crippen LogP contribution in [0.5, 0.6) is 0 Å². The standard InChI is InChI=1S/C23H23N3O3/c1-16-10-11-24-22(25-16)21-15-29-13-12-26(21)14-17-6-8-18(9-7-17)19-4-2-3-5-20(19)23(27)28/h2-11,21H,12-15H2,1H3,(H,27,28)/t21-/m0/s1. The van der Waals surface area contributed by atoms with E-state index in [1.54, 1.807) is 18.3 Å². The Bertz CT molecular complexity index is 1000. The molecule has 2 aromatic carbocycles. The lowest BCUT2D eigenvalue weighted by Crippen LogP contribution is -2.39. The molecule has 0 amide bonds. The molecule has 0 unspecified atom stereocenters. The first-order valence-electron chi connectivity index (χ1n) is 9.65. The van der Waals surface area contributed by atoms with Crippen LogP contribution in [0.25, 0.3) is 11.1 Å². The molecule has 1 fully saturated rings. The van der Waals surface area contributed by atoms with Gasteiger partial charge in [-0.3, -0.25) is 4.90 Å². The fraction of sp³-hybridized carbons (Fsp3) is 0.261. The molecular formula is C23H23N3O3. The predicted molar refractivity (Wildman–Crippen MR) is 110 cm³/mol. The van der Waals surface area contributed by atoms with Crippen LogP contribution in [0.4, 0.5) is 0 Å². The number of aromatic nitrogens is 2. The molecule has 2 heterocycles. The molecule has 0 spiro atoms. The molecule has 0 radical (unpaired) electrons. The fourth-order valence-corrected chi connectivity index (χ4v) is 3.64. The van der Waals surface area contributed by atoms with E-state index < -0.39 is 5.97 Å². The van der Waals surface area contributed by atoms with E-state index in [0.717, 1.165) is 41.3 Å². The summed E-state index contributed by atoms with van der Waals surface area (Å²) in [5.41, 5.74) is 4.03. The zero-order valence-corrected chi connectivity index (χ0v) is 16.3. The third-order valence-electron chi connectivity index (χ3n) is 5.16. The Balaban J connectivity index is 1.54. The summed E-state index contributed by atoms with van der Waals surface area (Å²) in [5, 5.41) is 9.42. The van der Waals surface area contributed by atoms with Crippen molar-refractivity contribution >= 4 is 5.97 Å². The molecule has 3 aromatic rings. The first-order chi connectivity index (χ1) is 14.1. The van der Waals surface area contributed by atoms with Crippen LogP contribution in [0.2, 0.25) is 0 Å². The molecule has 1 saturated heterocycles. The van der Waals surface area contributed by atoms with E-state index in [0.29, 0.717) is 18.8 Å². The van der Waals surface area contributed by atoms with Gasteiger partial charge in [0.2, 0.25) is 0 Å². The first kappa shape index (κ1) is 19.2. The Labute approximate surface area is 169 Å². The van der Waals surface area contributed by atoms with Gasteiger partial charge in [0.1, 0.15) is 5.82 Å². The molecule has 1 aliphatic heterocycles. The average Bonchev–Trinajstić information content (AvgIpc) is 2.75. The molecule has 0 saturated carbocycles. The third kappa shape index (κ3) is 4.34. The highest BCUT2D eigenvalue weighted by molar-refractivity contribution is 5.95. The van der Waals surface area contributed by atoms with Gasteiger partial charge < -0.3 is 9.84 Å². The van der Waals surface area contributed by atoms with Crippen molar-refractivity contribution in [1.82, 2.24) is 14.9 Å². The van der Waals surface area contributed by atoms with E-state index in [2.05, 4.69) is 27.0 Å². The van der Waals surface area contributed by atoms with Gasteiger partial charge in [-0.1, -0.05) is 42.5 Å². The maximum absolute atomic E-state index is 11.5. The topological polar surface area (TPSA) is 75.5 Å². The van der Waals surface area contributed by atoms with Crippen molar-refractivity contribution in [2.24, 2.45) is 0 Å². The molecule has 6 nitrogen and oxygen atoms in total. The highest BCUT2D eigenvalue weighted by Gasteiger charge is 2.27. The number of ether oxygens (including phenoxy) is 1. The summed E-state index contributed by atoms with van der Waals surface area (Å²) < 4.78 is 5.68. The maximum Gasteiger partial charge on any atom is 0.336 e. The number of rotatable bonds is 5. The quantitative estimate of drug-likeness (QED) is 0.717. The third-order valence-corrected chi connectivity index (χ3v) is 5.16. The van der Waals surface area contributed by atoms with E-state index in [4.69, 9.17) is 4.74 Å². The Kier molecular flexibility index (Phi) is 5.64. The van der Waals surface area contributed by atoms with E-state index in [9.17, 15) is 9.90 Å². The first-order valence-corrected chi connectivity index (χ1v) is 9.65. The minimum atomic E-state index is -0.918. The molecule has 148 valence electrons.